The van der Waals surface area contributed by atoms with E-state index in [4.69, 9.17) is 4.74 Å². The van der Waals surface area contributed by atoms with Gasteiger partial charge in [-0.2, -0.15) is 0 Å². The number of carbonyl (C=O) groups excluding carboxylic acids is 1. The molecule has 138 valence electrons. The molecule has 0 unspecified atom stereocenters. The summed E-state index contributed by atoms with van der Waals surface area (Å²) in [6.45, 7) is 2.71. The highest BCUT2D eigenvalue weighted by molar-refractivity contribution is 7.99. The molecule has 5 heteroatoms. The SMILES string of the molecule is CCC(=O)c1ccc(OC[C@@H](O)C[NH2+][C@@H]2CCSc3ccccc32)cc1. The van der Waals surface area contributed by atoms with E-state index < -0.39 is 6.10 Å². The first-order valence-electron chi connectivity index (χ1n) is 9.16. The predicted octanol–water partition coefficient (Wildman–Crippen LogP) is 2.82. The molecule has 0 amide bonds. The molecule has 0 aliphatic carbocycles. The van der Waals surface area contributed by atoms with E-state index in [0.29, 0.717) is 30.3 Å². The van der Waals surface area contributed by atoms with Gasteiger partial charge in [0.1, 0.15) is 31.0 Å². The van der Waals surface area contributed by atoms with Crippen molar-refractivity contribution in [2.75, 3.05) is 18.9 Å². The van der Waals surface area contributed by atoms with Crippen LogP contribution in [0, 0.1) is 0 Å². The third-order valence-corrected chi connectivity index (χ3v) is 5.76. The summed E-state index contributed by atoms with van der Waals surface area (Å²) in [5, 5.41) is 12.5. The van der Waals surface area contributed by atoms with Gasteiger partial charge in [0.05, 0.1) is 0 Å². The number of Topliss-reactive ketones (excluding diaryl/α,β-unsaturated/α-hetero) is 1. The monoisotopic (exact) mass is 372 g/mol. The van der Waals surface area contributed by atoms with Gasteiger partial charge in [0.15, 0.2) is 5.78 Å². The van der Waals surface area contributed by atoms with Crippen LogP contribution in [-0.4, -0.2) is 35.9 Å². The molecule has 0 bridgehead atoms. The molecule has 3 rings (SSSR count). The van der Waals surface area contributed by atoms with E-state index in [2.05, 4.69) is 29.6 Å². The van der Waals surface area contributed by atoms with Crippen molar-refractivity contribution in [3.05, 3.63) is 59.7 Å². The largest absolute Gasteiger partial charge is 0.491 e. The Morgan fingerprint density at radius 3 is 2.81 bits per heavy atom. The summed E-state index contributed by atoms with van der Waals surface area (Å²) in [7, 11) is 0. The fourth-order valence-corrected chi connectivity index (χ4v) is 4.29. The van der Waals surface area contributed by atoms with Crippen LogP contribution in [0.1, 0.15) is 41.7 Å². The number of fused-ring (bicyclic) bond motifs is 1. The summed E-state index contributed by atoms with van der Waals surface area (Å²) in [6, 6.07) is 16.0. The molecule has 0 radical (unpaired) electrons. The Labute approximate surface area is 159 Å². The second-order valence-corrected chi connectivity index (χ2v) is 7.66. The highest BCUT2D eigenvalue weighted by Gasteiger charge is 2.23. The second kappa shape index (κ2) is 9.21. The van der Waals surface area contributed by atoms with E-state index in [1.54, 1.807) is 24.3 Å². The molecule has 0 spiro atoms. The minimum absolute atomic E-state index is 0.122. The predicted molar refractivity (Wildman–Crippen MR) is 104 cm³/mol. The van der Waals surface area contributed by atoms with Crippen LogP contribution in [0.2, 0.25) is 0 Å². The molecule has 0 saturated heterocycles. The third kappa shape index (κ3) is 4.87. The number of ketones is 1. The average Bonchev–Trinajstić information content (AvgIpc) is 2.70. The van der Waals surface area contributed by atoms with Crippen molar-refractivity contribution in [3.63, 3.8) is 0 Å². The number of hydrogen-bond acceptors (Lipinski definition) is 4. The van der Waals surface area contributed by atoms with Gasteiger partial charge in [0.25, 0.3) is 0 Å². The van der Waals surface area contributed by atoms with E-state index in [0.717, 1.165) is 12.2 Å². The van der Waals surface area contributed by atoms with E-state index in [-0.39, 0.29) is 12.4 Å². The number of thioether (sulfide) groups is 1. The van der Waals surface area contributed by atoms with E-state index in [9.17, 15) is 9.90 Å². The molecule has 1 aliphatic rings. The van der Waals surface area contributed by atoms with Crippen molar-refractivity contribution in [2.45, 2.75) is 36.8 Å². The van der Waals surface area contributed by atoms with Gasteiger partial charge in [-0.1, -0.05) is 25.1 Å². The van der Waals surface area contributed by atoms with E-state index >= 15 is 0 Å². The van der Waals surface area contributed by atoms with Crippen LogP contribution < -0.4 is 10.1 Å². The Morgan fingerprint density at radius 2 is 2.04 bits per heavy atom. The van der Waals surface area contributed by atoms with Gasteiger partial charge in [-0.05, 0) is 30.3 Å². The maximum absolute atomic E-state index is 11.6. The van der Waals surface area contributed by atoms with Crippen LogP contribution >= 0.6 is 11.8 Å². The number of hydrogen-bond donors (Lipinski definition) is 2. The molecule has 4 nitrogen and oxygen atoms in total. The molecular formula is C21H26NO3S+. The quantitative estimate of drug-likeness (QED) is 0.700. The smallest absolute Gasteiger partial charge is 0.162 e. The van der Waals surface area contributed by atoms with Crippen molar-refractivity contribution in [1.82, 2.24) is 0 Å². The number of aliphatic hydroxyl groups excluding tert-OH is 1. The lowest BCUT2D eigenvalue weighted by Crippen LogP contribution is -2.87. The van der Waals surface area contributed by atoms with Crippen molar-refractivity contribution in [3.8, 4) is 5.75 Å². The number of ether oxygens (including phenoxy) is 1. The zero-order valence-electron chi connectivity index (χ0n) is 15.1. The molecule has 2 aromatic rings. The lowest BCUT2D eigenvalue weighted by Gasteiger charge is -2.24. The zero-order valence-corrected chi connectivity index (χ0v) is 15.9. The van der Waals surface area contributed by atoms with E-state index in [1.807, 2.05) is 18.7 Å². The van der Waals surface area contributed by atoms with Crippen molar-refractivity contribution in [1.29, 1.82) is 0 Å². The molecule has 0 aromatic heterocycles. The first-order valence-corrected chi connectivity index (χ1v) is 10.1. The Morgan fingerprint density at radius 1 is 1.27 bits per heavy atom. The van der Waals surface area contributed by atoms with Gasteiger partial charge < -0.3 is 15.2 Å². The fraction of sp³-hybridized carbons (Fsp3) is 0.381. The van der Waals surface area contributed by atoms with Crippen molar-refractivity contribution in [2.24, 2.45) is 0 Å². The van der Waals surface area contributed by atoms with Gasteiger partial charge in [0, 0.05) is 34.6 Å². The molecule has 0 saturated carbocycles. The number of benzene rings is 2. The number of aliphatic hydroxyl groups is 1. The maximum Gasteiger partial charge on any atom is 0.162 e. The summed E-state index contributed by atoms with van der Waals surface area (Å²) in [5.41, 5.74) is 2.07. The summed E-state index contributed by atoms with van der Waals surface area (Å²) < 4.78 is 5.66. The molecule has 26 heavy (non-hydrogen) atoms. The Bertz CT molecular complexity index is 732. The van der Waals surface area contributed by atoms with E-state index in [1.165, 1.54) is 10.5 Å². The van der Waals surface area contributed by atoms with Gasteiger partial charge >= 0.3 is 0 Å². The number of nitrogens with two attached hydrogens (primary N) is 1. The lowest BCUT2D eigenvalue weighted by molar-refractivity contribution is -0.702. The van der Waals surface area contributed by atoms with Gasteiger partial charge in [-0.15, -0.1) is 11.8 Å². The van der Waals surface area contributed by atoms with Crippen LogP contribution in [0.5, 0.6) is 5.75 Å². The summed E-state index contributed by atoms with van der Waals surface area (Å²) in [4.78, 5) is 13.0. The third-order valence-electron chi connectivity index (χ3n) is 4.64. The average molecular weight is 373 g/mol. The molecule has 1 aliphatic heterocycles. The molecule has 2 aromatic carbocycles. The number of rotatable bonds is 8. The summed E-state index contributed by atoms with van der Waals surface area (Å²) in [5.74, 6) is 1.92. The first kappa shape index (κ1) is 19.0. The van der Waals surface area contributed by atoms with Gasteiger partial charge in [0.2, 0.25) is 0 Å². The second-order valence-electron chi connectivity index (χ2n) is 6.52. The molecular weight excluding hydrogens is 346 g/mol. The summed E-state index contributed by atoms with van der Waals surface area (Å²) >= 11 is 1.91. The summed E-state index contributed by atoms with van der Waals surface area (Å²) in [6.07, 6.45) is 1.08. The van der Waals surface area contributed by atoms with Crippen molar-refractivity contribution < 1.29 is 20.0 Å². The van der Waals surface area contributed by atoms with Crippen LogP contribution in [0.25, 0.3) is 0 Å². The number of quaternary nitrogens is 1. The maximum atomic E-state index is 11.6. The fourth-order valence-electron chi connectivity index (χ4n) is 3.14. The topological polar surface area (TPSA) is 63.1 Å². The van der Waals surface area contributed by atoms with Crippen LogP contribution in [0.3, 0.4) is 0 Å². The molecule has 3 N–H and O–H groups in total. The van der Waals surface area contributed by atoms with Crippen LogP contribution in [0.15, 0.2) is 53.4 Å². The highest BCUT2D eigenvalue weighted by atomic mass is 32.2. The Kier molecular flexibility index (Phi) is 6.72. The Hall–Kier alpha value is -1.82. The first-order chi connectivity index (χ1) is 12.7. The molecule has 1 heterocycles. The van der Waals surface area contributed by atoms with Crippen LogP contribution in [-0.2, 0) is 0 Å². The van der Waals surface area contributed by atoms with Gasteiger partial charge in [-0.25, -0.2) is 0 Å². The molecule has 0 fully saturated rings. The highest BCUT2D eigenvalue weighted by Crippen LogP contribution is 2.33. The Balaban J connectivity index is 1.46. The number of carbonyl (C=O) groups is 1. The standard InChI is InChI=1S/C21H25NO3S/c1-2-20(24)15-7-9-17(10-8-15)25-14-16(23)13-22-19-11-12-26-21-6-4-3-5-18(19)21/h3-10,16,19,22-23H,2,11-14H2,1H3/p+1/t16-,19+/m0/s1. The lowest BCUT2D eigenvalue weighted by atomic mass is 10.0. The molecule has 2 atom stereocenters. The minimum atomic E-state index is -0.534. The van der Waals surface area contributed by atoms with Gasteiger partial charge in [-0.3, -0.25) is 4.79 Å². The van der Waals surface area contributed by atoms with Crippen molar-refractivity contribution >= 4 is 17.5 Å². The normalized spacial score (nSPS) is 17.4. The minimum Gasteiger partial charge on any atom is -0.491 e. The van der Waals surface area contributed by atoms with Crippen LogP contribution in [0.4, 0.5) is 0 Å². The zero-order chi connectivity index (χ0) is 18.4.